The maximum atomic E-state index is 15.0. The summed E-state index contributed by atoms with van der Waals surface area (Å²) in [5, 5.41) is 17.2. The maximum absolute atomic E-state index is 15.0. The molecule has 2 N–H and O–H groups in total. The van der Waals surface area contributed by atoms with Crippen LogP contribution in [0.2, 0.25) is 0 Å². The standard InChI is InChI=1S/C38H42F3N5O6S2/c1-37(2,3)18-20-46(54(50,51)27-17-19-45-33(21-27)42-24-43-45)29(23-47)32-16-15-31(53-32)28(38(39,40)41)22-30(48)35(44-36(49)52-4)34(25-11-7-5-8-12-25)26-13-9-6-10-14-26/h5-17,19,21,24,28-29,34-35,47H,18,20,22-23H2,1-4H3,(H,44,49)/t28-,29-,35-/m1/s1. The van der Waals surface area contributed by atoms with Gasteiger partial charge < -0.3 is 15.2 Å². The van der Waals surface area contributed by atoms with Crippen molar-refractivity contribution in [1.82, 2.24) is 24.2 Å². The molecule has 0 saturated heterocycles. The van der Waals surface area contributed by atoms with Gasteiger partial charge in [0.25, 0.3) is 0 Å². The molecule has 3 aromatic heterocycles. The van der Waals surface area contributed by atoms with Gasteiger partial charge in [0.15, 0.2) is 11.4 Å². The third kappa shape index (κ3) is 9.53. The van der Waals surface area contributed by atoms with Gasteiger partial charge in [-0.2, -0.15) is 22.6 Å². The predicted molar refractivity (Wildman–Crippen MR) is 198 cm³/mol. The highest BCUT2D eigenvalue weighted by molar-refractivity contribution is 7.89. The van der Waals surface area contributed by atoms with Gasteiger partial charge in [0.2, 0.25) is 10.0 Å². The molecule has 5 rings (SSSR count). The Morgan fingerprint density at radius 3 is 2.13 bits per heavy atom. The molecule has 16 heteroatoms. The van der Waals surface area contributed by atoms with Gasteiger partial charge in [-0.1, -0.05) is 81.4 Å². The number of thiophene rings is 1. The Balaban J connectivity index is 1.52. The van der Waals surface area contributed by atoms with Crippen LogP contribution in [-0.2, 0) is 19.6 Å². The third-order valence-electron chi connectivity index (χ3n) is 9.04. The van der Waals surface area contributed by atoms with Crippen LogP contribution in [0.4, 0.5) is 18.0 Å². The zero-order valence-corrected chi connectivity index (χ0v) is 31.7. The molecule has 0 saturated carbocycles. The fraction of sp³-hybridized carbons (Fsp3) is 0.368. The molecule has 0 spiro atoms. The van der Waals surface area contributed by atoms with E-state index >= 15 is 0 Å². The normalized spacial score (nSPS) is 14.3. The summed E-state index contributed by atoms with van der Waals surface area (Å²) in [4.78, 5) is 30.6. The highest BCUT2D eigenvalue weighted by atomic mass is 32.2. The minimum absolute atomic E-state index is 0.0510. The van der Waals surface area contributed by atoms with Crippen LogP contribution in [0.1, 0.15) is 72.4 Å². The zero-order chi connectivity index (χ0) is 39.3. The summed E-state index contributed by atoms with van der Waals surface area (Å²) in [5.41, 5.74) is 1.11. The second-order valence-electron chi connectivity index (χ2n) is 14.0. The molecule has 2 aromatic carbocycles. The number of hydrogen-bond donors (Lipinski definition) is 2. The van der Waals surface area contributed by atoms with E-state index in [0.717, 1.165) is 11.4 Å². The zero-order valence-electron chi connectivity index (χ0n) is 30.1. The number of ether oxygens (including phenoxy) is 1. The number of pyridine rings is 1. The molecule has 0 unspecified atom stereocenters. The summed E-state index contributed by atoms with van der Waals surface area (Å²) < 4.78 is 80.7. The molecule has 5 aromatic rings. The number of ketones is 1. The molecule has 0 aliphatic heterocycles. The van der Waals surface area contributed by atoms with E-state index in [1.807, 2.05) is 20.8 Å². The number of amides is 1. The molecule has 288 valence electrons. The van der Waals surface area contributed by atoms with Crippen molar-refractivity contribution in [3.8, 4) is 0 Å². The lowest BCUT2D eigenvalue weighted by Crippen LogP contribution is -2.46. The Labute approximate surface area is 315 Å². The number of methoxy groups -OCH3 is 1. The molecular formula is C38H42F3N5O6S2. The molecule has 3 heterocycles. The third-order valence-corrected chi connectivity index (χ3v) is 12.2. The van der Waals surface area contributed by atoms with Crippen molar-refractivity contribution in [2.45, 2.75) is 68.6 Å². The van der Waals surface area contributed by atoms with E-state index in [2.05, 4.69) is 15.4 Å². The molecule has 0 aliphatic carbocycles. The lowest BCUT2D eigenvalue weighted by atomic mass is 9.81. The number of hydrogen-bond acceptors (Lipinski definition) is 9. The van der Waals surface area contributed by atoms with Crippen LogP contribution >= 0.6 is 11.3 Å². The molecule has 1 amide bonds. The fourth-order valence-corrected chi connectivity index (χ4v) is 9.09. The average Bonchev–Trinajstić information content (AvgIpc) is 3.81. The number of Topliss-reactive ketones (excluding diaryl/α,β-unsaturated/α-hetero) is 1. The summed E-state index contributed by atoms with van der Waals surface area (Å²) >= 11 is 0.674. The molecule has 0 bridgehead atoms. The monoisotopic (exact) mass is 785 g/mol. The molecular weight excluding hydrogens is 744 g/mol. The fourth-order valence-electron chi connectivity index (χ4n) is 6.18. The second kappa shape index (κ2) is 16.8. The van der Waals surface area contributed by atoms with Crippen molar-refractivity contribution in [1.29, 1.82) is 0 Å². The number of halogens is 3. The number of aromatic nitrogens is 3. The van der Waals surface area contributed by atoms with Gasteiger partial charge in [-0.05, 0) is 41.2 Å². The van der Waals surface area contributed by atoms with E-state index in [4.69, 9.17) is 4.74 Å². The van der Waals surface area contributed by atoms with Crippen molar-refractivity contribution in [3.05, 3.63) is 118 Å². The second-order valence-corrected chi connectivity index (χ2v) is 17.0. The van der Waals surface area contributed by atoms with E-state index in [1.165, 1.54) is 41.3 Å². The van der Waals surface area contributed by atoms with E-state index < -0.39 is 65.0 Å². The number of nitrogens with one attached hydrogen (secondary N) is 1. The number of aliphatic hydroxyl groups excluding tert-OH is 1. The van der Waals surface area contributed by atoms with Crippen molar-refractivity contribution < 1.29 is 41.0 Å². The van der Waals surface area contributed by atoms with Gasteiger partial charge >= 0.3 is 12.3 Å². The minimum atomic E-state index is -4.91. The molecule has 0 aliphatic rings. The highest BCUT2D eigenvalue weighted by Crippen LogP contribution is 2.44. The summed E-state index contributed by atoms with van der Waals surface area (Å²) in [6.07, 6.45) is -3.87. The van der Waals surface area contributed by atoms with Crippen molar-refractivity contribution in [2.24, 2.45) is 5.41 Å². The average molecular weight is 786 g/mol. The van der Waals surface area contributed by atoms with Gasteiger partial charge in [-0.25, -0.2) is 22.7 Å². The summed E-state index contributed by atoms with van der Waals surface area (Å²) in [5.74, 6) is -4.07. The van der Waals surface area contributed by atoms with Crippen LogP contribution in [0.25, 0.3) is 5.65 Å². The first-order chi connectivity index (χ1) is 25.5. The Morgan fingerprint density at radius 2 is 1.57 bits per heavy atom. The van der Waals surface area contributed by atoms with Crippen LogP contribution in [-0.4, -0.2) is 76.8 Å². The first-order valence-electron chi connectivity index (χ1n) is 17.1. The number of carbonyl (C=O) groups excluding carboxylic acids is 2. The summed E-state index contributed by atoms with van der Waals surface area (Å²) in [6.45, 7) is 4.98. The number of benzene rings is 2. The van der Waals surface area contributed by atoms with Gasteiger partial charge in [0.1, 0.15) is 12.4 Å². The van der Waals surface area contributed by atoms with Gasteiger partial charge in [0, 0.05) is 40.9 Å². The number of sulfonamides is 1. The van der Waals surface area contributed by atoms with Crippen LogP contribution in [0.15, 0.2) is 102 Å². The minimum Gasteiger partial charge on any atom is -0.453 e. The van der Waals surface area contributed by atoms with E-state index in [0.29, 0.717) is 28.9 Å². The summed E-state index contributed by atoms with van der Waals surface area (Å²) in [6, 6.07) is 19.9. The quantitative estimate of drug-likeness (QED) is 0.114. The predicted octanol–water partition coefficient (Wildman–Crippen LogP) is 7.11. The van der Waals surface area contributed by atoms with Gasteiger partial charge in [-0.3, -0.25) is 4.79 Å². The first kappa shape index (κ1) is 40.5. The number of alkyl carbamates (subject to hydrolysis) is 1. The van der Waals surface area contributed by atoms with Crippen LogP contribution in [0, 0.1) is 5.41 Å². The lowest BCUT2D eigenvalue weighted by Gasteiger charge is -2.31. The number of nitrogens with zero attached hydrogens (tertiary/aromatic N) is 4. The number of rotatable bonds is 15. The Bertz CT molecular complexity index is 2100. The Morgan fingerprint density at radius 1 is 0.963 bits per heavy atom. The van der Waals surface area contributed by atoms with Crippen LogP contribution in [0.3, 0.4) is 0 Å². The van der Waals surface area contributed by atoms with Crippen molar-refractivity contribution in [3.63, 3.8) is 0 Å². The number of fused-ring (bicyclic) bond motifs is 1. The molecule has 3 atom stereocenters. The summed E-state index contributed by atoms with van der Waals surface area (Å²) in [7, 11) is -3.23. The maximum Gasteiger partial charge on any atom is 0.407 e. The smallest absolute Gasteiger partial charge is 0.407 e. The molecule has 54 heavy (non-hydrogen) atoms. The van der Waals surface area contributed by atoms with E-state index in [9.17, 15) is 36.3 Å². The van der Waals surface area contributed by atoms with Crippen molar-refractivity contribution in [2.75, 3.05) is 20.3 Å². The molecule has 0 fully saturated rings. The number of aliphatic hydroxyl groups is 1. The largest absolute Gasteiger partial charge is 0.453 e. The highest BCUT2D eigenvalue weighted by Gasteiger charge is 2.46. The molecule has 11 nitrogen and oxygen atoms in total. The first-order valence-corrected chi connectivity index (χ1v) is 19.3. The van der Waals surface area contributed by atoms with Crippen LogP contribution in [0.5, 0.6) is 0 Å². The Hall–Kier alpha value is -4.64. The number of alkyl halides is 3. The van der Waals surface area contributed by atoms with E-state index in [1.54, 1.807) is 60.7 Å². The SMILES string of the molecule is COC(=O)N[C@H](C(=O)C[C@H](c1ccc([C@@H](CO)N(CCC(C)(C)C)S(=O)(=O)c2ccn3ncnc3c2)s1)C(F)(F)F)C(c1ccccc1)c1ccccc1. The Kier molecular flexibility index (Phi) is 12.6. The van der Waals surface area contributed by atoms with Crippen molar-refractivity contribution >= 4 is 38.9 Å². The number of carbonyl (C=O) groups is 2. The van der Waals surface area contributed by atoms with Gasteiger partial charge in [0.05, 0.1) is 30.6 Å². The van der Waals surface area contributed by atoms with Crippen LogP contribution < -0.4 is 5.32 Å². The topological polar surface area (TPSA) is 143 Å². The van der Waals surface area contributed by atoms with Gasteiger partial charge in [-0.15, -0.1) is 11.3 Å². The molecule has 0 radical (unpaired) electrons. The van der Waals surface area contributed by atoms with E-state index in [-0.39, 0.29) is 32.3 Å². The lowest BCUT2D eigenvalue weighted by molar-refractivity contribution is -0.156.